The number of nitrogens with zero attached hydrogens (tertiary/aromatic N) is 2. The monoisotopic (exact) mass is 348 g/mol. The van der Waals surface area contributed by atoms with Crippen LogP contribution in [0.15, 0.2) is 30.3 Å². The molecular formula is C18H24N2O5. The van der Waals surface area contributed by atoms with Crippen LogP contribution in [0.4, 0.5) is 10.5 Å². The highest BCUT2D eigenvalue weighted by Gasteiger charge is 2.44. The summed E-state index contributed by atoms with van der Waals surface area (Å²) in [5.74, 6) is 0. The second kappa shape index (κ2) is 6.84. The Morgan fingerprint density at radius 1 is 1.36 bits per heavy atom. The van der Waals surface area contributed by atoms with Crippen molar-refractivity contribution >= 4 is 17.9 Å². The van der Waals surface area contributed by atoms with E-state index in [1.165, 1.54) is 12.1 Å². The molecule has 1 saturated heterocycles. The molecule has 1 unspecified atom stereocenters. The number of non-ortho nitro benzene ring substituents is 1. The number of rotatable bonds is 3. The second-order valence-corrected chi connectivity index (χ2v) is 7.38. The van der Waals surface area contributed by atoms with Gasteiger partial charge in [-0.15, -0.1) is 0 Å². The van der Waals surface area contributed by atoms with Crippen LogP contribution in [-0.4, -0.2) is 39.9 Å². The highest BCUT2D eigenvalue weighted by Crippen LogP contribution is 2.30. The van der Waals surface area contributed by atoms with Crippen molar-refractivity contribution in [3.8, 4) is 0 Å². The van der Waals surface area contributed by atoms with Crippen molar-refractivity contribution in [3.05, 3.63) is 46.0 Å². The first-order chi connectivity index (χ1) is 11.5. The van der Waals surface area contributed by atoms with E-state index in [2.05, 4.69) is 0 Å². The summed E-state index contributed by atoms with van der Waals surface area (Å²) in [6.45, 7) is 9.44. The van der Waals surface area contributed by atoms with Gasteiger partial charge in [-0.25, -0.2) is 4.79 Å². The summed E-state index contributed by atoms with van der Waals surface area (Å²) in [6.07, 6.45) is 3.23. The van der Waals surface area contributed by atoms with E-state index < -0.39 is 22.3 Å². The fraction of sp³-hybridized carbons (Fsp3) is 0.500. The number of benzene rings is 1. The summed E-state index contributed by atoms with van der Waals surface area (Å²) < 4.78 is 11.2. The zero-order chi connectivity index (χ0) is 18.8. The lowest BCUT2D eigenvalue weighted by molar-refractivity contribution is -0.384. The maximum Gasteiger partial charge on any atom is 0.413 e. The lowest BCUT2D eigenvalue weighted by Gasteiger charge is -2.34. The fourth-order valence-corrected chi connectivity index (χ4v) is 2.57. The number of amides is 1. The molecule has 0 radical (unpaired) electrons. The topological polar surface area (TPSA) is 81.9 Å². The average molecular weight is 348 g/mol. The largest absolute Gasteiger partial charge is 0.444 e. The van der Waals surface area contributed by atoms with Crippen LogP contribution in [0.1, 0.15) is 40.2 Å². The third kappa shape index (κ3) is 4.79. The van der Waals surface area contributed by atoms with Crippen molar-refractivity contribution in [1.29, 1.82) is 0 Å². The van der Waals surface area contributed by atoms with Gasteiger partial charge < -0.3 is 9.47 Å². The van der Waals surface area contributed by atoms with Crippen LogP contribution >= 0.6 is 0 Å². The molecule has 0 aromatic heterocycles. The molecule has 2 rings (SSSR count). The summed E-state index contributed by atoms with van der Waals surface area (Å²) in [5.41, 5.74) is -0.521. The van der Waals surface area contributed by atoms with Crippen LogP contribution < -0.4 is 0 Å². The van der Waals surface area contributed by atoms with Gasteiger partial charge in [0.1, 0.15) is 11.3 Å². The van der Waals surface area contributed by atoms with E-state index in [1.807, 2.05) is 46.8 Å². The Morgan fingerprint density at radius 3 is 2.48 bits per heavy atom. The maximum absolute atomic E-state index is 12.5. The summed E-state index contributed by atoms with van der Waals surface area (Å²) in [7, 11) is 0. The van der Waals surface area contributed by atoms with Gasteiger partial charge in [-0.3, -0.25) is 15.0 Å². The Kier molecular flexibility index (Phi) is 5.17. The second-order valence-electron chi connectivity index (χ2n) is 7.38. The van der Waals surface area contributed by atoms with Crippen molar-refractivity contribution in [2.75, 3.05) is 6.61 Å². The van der Waals surface area contributed by atoms with Crippen molar-refractivity contribution in [3.63, 3.8) is 0 Å². The molecule has 1 atom stereocenters. The Balaban J connectivity index is 2.16. The van der Waals surface area contributed by atoms with E-state index in [0.29, 0.717) is 6.61 Å². The number of nitro benzene ring substituents is 1. The van der Waals surface area contributed by atoms with E-state index in [0.717, 1.165) is 5.56 Å². The zero-order valence-corrected chi connectivity index (χ0v) is 15.2. The number of hydrogen-bond acceptors (Lipinski definition) is 5. The van der Waals surface area contributed by atoms with Crippen LogP contribution in [0.5, 0.6) is 0 Å². The third-order valence-corrected chi connectivity index (χ3v) is 3.72. The van der Waals surface area contributed by atoms with E-state index in [4.69, 9.17) is 9.47 Å². The Hall–Kier alpha value is -2.41. The Bertz CT molecular complexity index is 674. The summed E-state index contributed by atoms with van der Waals surface area (Å²) in [4.78, 5) is 24.4. The van der Waals surface area contributed by atoms with Gasteiger partial charge in [-0.05, 0) is 52.3 Å². The smallest absolute Gasteiger partial charge is 0.413 e. The van der Waals surface area contributed by atoms with Crippen LogP contribution in [0.3, 0.4) is 0 Å². The molecule has 1 aromatic rings. The lowest BCUT2D eigenvalue weighted by atomic mass is 10.1. The quantitative estimate of drug-likeness (QED) is 0.609. The molecule has 136 valence electrons. The molecule has 7 heteroatoms. The van der Waals surface area contributed by atoms with Crippen molar-refractivity contribution in [1.82, 2.24) is 4.90 Å². The van der Waals surface area contributed by atoms with E-state index in [9.17, 15) is 14.9 Å². The lowest BCUT2D eigenvalue weighted by Crippen LogP contribution is -2.49. The molecule has 0 aliphatic carbocycles. The molecule has 1 heterocycles. The molecule has 7 nitrogen and oxygen atoms in total. The average Bonchev–Trinajstić information content (AvgIpc) is 2.78. The highest BCUT2D eigenvalue weighted by molar-refractivity contribution is 5.70. The van der Waals surface area contributed by atoms with E-state index in [-0.39, 0.29) is 11.7 Å². The normalized spacial score (nSPS) is 20.0. The SMILES string of the molecule is CC(C)(C)OC(=O)N1C(C=Cc2ccc([N+](=O)[O-])cc2)COC1(C)C. The van der Waals surface area contributed by atoms with Gasteiger partial charge in [-0.1, -0.05) is 12.2 Å². The fourth-order valence-electron chi connectivity index (χ4n) is 2.57. The first-order valence-electron chi connectivity index (χ1n) is 8.08. The van der Waals surface area contributed by atoms with Crippen molar-refractivity contribution < 1.29 is 19.2 Å². The number of ether oxygens (including phenoxy) is 2. The minimum Gasteiger partial charge on any atom is -0.444 e. The zero-order valence-electron chi connectivity index (χ0n) is 15.2. The molecule has 1 fully saturated rings. The Labute approximate surface area is 147 Å². The minimum absolute atomic E-state index is 0.0397. The molecule has 0 bridgehead atoms. The first-order valence-corrected chi connectivity index (χ1v) is 8.08. The maximum atomic E-state index is 12.5. The van der Waals surface area contributed by atoms with E-state index >= 15 is 0 Å². The summed E-state index contributed by atoms with van der Waals surface area (Å²) in [6, 6.07) is 5.93. The standard InChI is InChI=1S/C18H24N2O5/c1-17(2,3)25-16(21)19-15(12-24-18(19,4)5)11-8-13-6-9-14(10-7-13)20(22)23/h6-11,15H,12H2,1-5H3. The van der Waals surface area contributed by atoms with Crippen molar-refractivity contribution in [2.24, 2.45) is 0 Å². The van der Waals surface area contributed by atoms with Gasteiger partial charge in [0.25, 0.3) is 5.69 Å². The third-order valence-electron chi connectivity index (χ3n) is 3.72. The van der Waals surface area contributed by atoms with Gasteiger partial charge >= 0.3 is 6.09 Å². The number of carbonyl (C=O) groups is 1. The van der Waals surface area contributed by atoms with Gasteiger partial charge in [0.05, 0.1) is 17.6 Å². The van der Waals surface area contributed by atoms with Crippen LogP contribution in [0.2, 0.25) is 0 Å². The van der Waals surface area contributed by atoms with E-state index in [1.54, 1.807) is 17.0 Å². The molecule has 0 N–H and O–H groups in total. The molecule has 0 saturated carbocycles. The molecule has 25 heavy (non-hydrogen) atoms. The first kappa shape index (κ1) is 18.9. The predicted molar refractivity (Wildman–Crippen MR) is 94.0 cm³/mol. The highest BCUT2D eigenvalue weighted by atomic mass is 16.6. The van der Waals surface area contributed by atoms with Crippen LogP contribution in [-0.2, 0) is 9.47 Å². The molecule has 0 spiro atoms. The van der Waals surface area contributed by atoms with Crippen LogP contribution in [0, 0.1) is 10.1 Å². The van der Waals surface area contributed by atoms with Crippen molar-refractivity contribution in [2.45, 2.75) is 52.0 Å². The number of hydrogen-bond donors (Lipinski definition) is 0. The predicted octanol–water partition coefficient (Wildman–Crippen LogP) is 3.98. The summed E-state index contributed by atoms with van der Waals surface area (Å²) in [5, 5.41) is 10.7. The van der Waals surface area contributed by atoms with Crippen LogP contribution in [0.25, 0.3) is 6.08 Å². The minimum atomic E-state index is -0.771. The number of nitro groups is 1. The Morgan fingerprint density at radius 2 is 1.96 bits per heavy atom. The van der Waals surface area contributed by atoms with Gasteiger partial charge in [0.2, 0.25) is 0 Å². The molecular weight excluding hydrogens is 324 g/mol. The van der Waals surface area contributed by atoms with Gasteiger partial charge in [0.15, 0.2) is 0 Å². The molecule has 1 amide bonds. The summed E-state index contributed by atoms with van der Waals surface area (Å²) >= 11 is 0. The molecule has 1 aromatic carbocycles. The van der Waals surface area contributed by atoms with Gasteiger partial charge in [-0.2, -0.15) is 0 Å². The molecule has 1 aliphatic heterocycles. The van der Waals surface area contributed by atoms with Gasteiger partial charge in [0, 0.05) is 12.1 Å². The molecule has 1 aliphatic rings. The number of carbonyl (C=O) groups excluding carboxylic acids is 1.